The third-order valence-corrected chi connectivity index (χ3v) is 3.10. The van der Waals surface area contributed by atoms with Gasteiger partial charge in [0.05, 0.1) is 6.61 Å². The fraction of sp³-hybridized carbons (Fsp3) is 0.706. The molecule has 2 nitrogen and oxygen atoms in total. The fourth-order valence-corrected chi connectivity index (χ4v) is 1.85. The summed E-state index contributed by atoms with van der Waals surface area (Å²) in [4.78, 5) is 10.9. The van der Waals surface area contributed by atoms with Crippen LogP contribution in [0.1, 0.15) is 65.7 Å². The summed E-state index contributed by atoms with van der Waals surface area (Å²) >= 11 is 0. The average molecular weight is 266 g/mol. The van der Waals surface area contributed by atoms with Gasteiger partial charge in [-0.1, -0.05) is 63.8 Å². The molecular weight excluding hydrogens is 236 g/mol. The minimum absolute atomic E-state index is 0.0817. The molecule has 0 aliphatic carbocycles. The Morgan fingerprint density at radius 1 is 1.11 bits per heavy atom. The Hall–Kier alpha value is -1.05. The monoisotopic (exact) mass is 266 g/mol. The first-order valence-corrected chi connectivity index (χ1v) is 7.65. The van der Waals surface area contributed by atoms with Crippen LogP contribution in [0, 0.1) is 5.92 Å². The summed E-state index contributed by atoms with van der Waals surface area (Å²) in [6, 6.07) is 0. The van der Waals surface area contributed by atoms with Gasteiger partial charge in [0.1, 0.15) is 0 Å². The van der Waals surface area contributed by atoms with Crippen LogP contribution < -0.4 is 0 Å². The predicted octanol–water partition coefficient (Wildman–Crippen LogP) is 5.05. The Morgan fingerprint density at radius 2 is 1.79 bits per heavy atom. The predicted molar refractivity (Wildman–Crippen MR) is 82.1 cm³/mol. The number of ether oxygens (including phenoxy) is 1. The van der Waals surface area contributed by atoms with E-state index in [1.54, 1.807) is 0 Å². The zero-order valence-corrected chi connectivity index (χ0v) is 12.9. The fourth-order valence-electron chi connectivity index (χ4n) is 1.85. The largest absolute Gasteiger partial charge is 0.466 e. The van der Waals surface area contributed by atoms with Crippen LogP contribution in [0.15, 0.2) is 24.3 Å². The van der Waals surface area contributed by atoms with Crippen molar-refractivity contribution in [2.75, 3.05) is 6.61 Å². The molecule has 0 aromatic heterocycles. The molecule has 0 saturated heterocycles. The van der Waals surface area contributed by atoms with Crippen LogP contribution in [0.2, 0.25) is 0 Å². The van der Waals surface area contributed by atoms with Gasteiger partial charge in [0.15, 0.2) is 0 Å². The molecule has 110 valence electrons. The van der Waals surface area contributed by atoms with Crippen molar-refractivity contribution in [1.82, 2.24) is 0 Å². The van der Waals surface area contributed by atoms with Crippen molar-refractivity contribution in [1.29, 1.82) is 0 Å². The molecule has 2 heteroatoms. The number of carbonyl (C=O) groups excluding carboxylic acids is 1. The first-order valence-electron chi connectivity index (χ1n) is 7.65. The van der Waals surface area contributed by atoms with Crippen LogP contribution in [0.4, 0.5) is 0 Å². The molecule has 0 rings (SSSR count). The van der Waals surface area contributed by atoms with Gasteiger partial charge >= 0.3 is 5.97 Å². The van der Waals surface area contributed by atoms with Crippen LogP contribution in [0.3, 0.4) is 0 Å². The Labute approximate surface area is 118 Å². The van der Waals surface area contributed by atoms with Gasteiger partial charge in [-0.15, -0.1) is 0 Å². The molecule has 0 aliphatic rings. The highest BCUT2D eigenvalue weighted by molar-refractivity contribution is 5.68. The van der Waals surface area contributed by atoms with E-state index in [-0.39, 0.29) is 5.97 Å². The second kappa shape index (κ2) is 13.4. The van der Waals surface area contributed by atoms with E-state index in [1.165, 1.54) is 32.1 Å². The summed E-state index contributed by atoms with van der Waals surface area (Å²) in [5.41, 5.74) is 0. The summed E-state index contributed by atoms with van der Waals surface area (Å²) in [5, 5.41) is 0. The summed E-state index contributed by atoms with van der Waals surface area (Å²) in [5.74, 6) is 0.587. The molecule has 0 aromatic carbocycles. The topological polar surface area (TPSA) is 26.3 Å². The van der Waals surface area contributed by atoms with Gasteiger partial charge in [-0.25, -0.2) is 0 Å². The van der Waals surface area contributed by atoms with E-state index < -0.39 is 0 Å². The van der Waals surface area contributed by atoms with E-state index in [0.717, 1.165) is 6.42 Å². The van der Waals surface area contributed by atoms with Crippen molar-refractivity contribution in [2.45, 2.75) is 65.7 Å². The third-order valence-electron chi connectivity index (χ3n) is 3.10. The molecule has 0 heterocycles. The molecule has 0 aromatic rings. The van der Waals surface area contributed by atoms with Crippen LogP contribution >= 0.6 is 0 Å². The van der Waals surface area contributed by atoms with Gasteiger partial charge in [0.2, 0.25) is 0 Å². The molecule has 0 aliphatic heterocycles. The van der Waals surface area contributed by atoms with Gasteiger partial charge in [-0.05, 0) is 25.7 Å². The molecule has 0 amide bonds. The second-order valence-electron chi connectivity index (χ2n) is 5.02. The van der Waals surface area contributed by atoms with Crippen LogP contribution in [0.25, 0.3) is 0 Å². The maximum absolute atomic E-state index is 10.9. The number of hydrogen-bond acceptors (Lipinski definition) is 2. The van der Waals surface area contributed by atoms with Gasteiger partial charge in [0, 0.05) is 6.42 Å². The molecule has 19 heavy (non-hydrogen) atoms. The van der Waals surface area contributed by atoms with E-state index in [1.807, 2.05) is 13.8 Å². The highest BCUT2D eigenvalue weighted by Gasteiger charge is 1.99. The van der Waals surface area contributed by atoms with Crippen LogP contribution in [0.5, 0.6) is 0 Å². The lowest BCUT2D eigenvalue weighted by molar-refractivity contribution is -0.143. The van der Waals surface area contributed by atoms with E-state index in [9.17, 15) is 4.79 Å². The molecule has 0 radical (unpaired) electrons. The number of hydrogen-bond donors (Lipinski definition) is 0. The number of unbranched alkanes of at least 4 members (excludes halogenated alkanes) is 4. The first-order chi connectivity index (χ1) is 9.20. The highest BCUT2D eigenvalue weighted by atomic mass is 16.5. The molecule has 0 N–H and O–H groups in total. The highest BCUT2D eigenvalue weighted by Crippen LogP contribution is 2.12. The molecule has 0 spiro atoms. The number of rotatable bonds is 11. The standard InChI is InChI=1S/C17H30O2/c1-4-6-10-13-16(3)14-11-8-7-9-12-15-19-17(18)5-2/h4,6,10,13,16H,5,7-9,11-12,14-15H2,1-3H3/b6-4+,13-10+. The lowest BCUT2D eigenvalue weighted by Crippen LogP contribution is -2.03. The summed E-state index contributed by atoms with van der Waals surface area (Å²) < 4.78 is 5.04. The summed E-state index contributed by atoms with van der Waals surface area (Å²) in [6.45, 7) is 6.72. The zero-order valence-electron chi connectivity index (χ0n) is 12.9. The molecule has 0 fully saturated rings. The average Bonchev–Trinajstić information content (AvgIpc) is 2.41. The molecular formula is C17H30O2. The third kappa shape index (κ3) is 13.2. The quantitative estimate of drug-likeness (QED) is 0.297. The van der Waals surface area contributed by atoms with Crippen molar-refractivity contribution in [3.63, 3.8) is 0 Å². The Kier molecular flexibility index (Phi) is 12.6. The number of esters is 1. The van der Waals surface area contributed by atoms with E-state index >= 15 is 0 Å². The van der Waals surface area contributed by atoms with Gasteiger partial charge < -0.3 is 4.74 Å². The van der Waals surface area contributed by atoms with Crippen molar-refractivity contribution < 1.29 is 9.53 Å². The minimum atomic E-state index is -0.0817. The summed E-state index contributed by atoms with van der Waals surface area (Å²) in [6.07, 6.45) is 16.3. The van der Waals surface area contributed by atoms with Crippen molar-refractivity contribution in [3.8, 4) is 0 Å². The van der Waals surface area contributed by atoms with E-state index in [0.29, 0.717) is 18.9 Å². The lowest BCUT2D eigenvalue weighted by atomic mass is 10.0. The summed E-state index contributed by atoms with van der Waals surface area (Å²) in [7, 11) is 0. The first kappa shape index (κ1) is 17.9. The smallest absolute Gasteiger partial charge is 0.305 e. The second-order valence-corrected chi connectivity index (χ2v) is 5.02. The van der Waals surface area contributed by atoms with Gasteiger partial charge in [0.25, 0.3) is 0 Å². The van der Waals surface area contributed by atoms with Gasteiger partial charge in [-0.3, -0.25) is 4.79 Å². The molecule has 1 atom stereocenters. The van der Waals surface area contributed by atoms with Crippen molar-refractivity contribution in [3.05, 3.63) is 24.3 Å². The number of carbonyl (C=O) groups is 1. The maximum Gasteiger partial charge on any atom is 0.305 e. The Balaban J connectivity index is 3.29. The van der Waals surface area contributed by atoms with E-state index in [2.05, 4.69) is 31.2 Å². The SMILES string of the molecule is C/C=C/C=C/C(C)CCCCCCCOC(=O)CC. The lowest BCUT2D eigenvalue weighted by Gasteiger charge is -2.06. The molecule has 0 saturated carbocycles. The Bertz CT molecular complexity index is 266. The zero-order chi connectivity index (χ0) is 14.3. The maximum atomic E-state index is 10.9. The van der Waals surface area contributed by atoms with Crippen molar-refractivity contribution >= 4 is 5.97 Å². The van der Waals surface area contributed by atoms with E-state index in [4.69, 9.17) is 4.74 Å². The van der Waals surface area contributed by atoms with Crippen LogP contribution in [-0.4, -0.2) is 12.6 Å². The molecule has 1 unspecified atom stereocenters. The molecule has 0 bridgehead atoms. The van der Waals surface area contributed by atoms with Crippen LogP contribution in [-0.2, 0) is 9.53 Å². The van der Waals surface area contributed by atoms with Gasteiger partial charge in [-0.2, -0.15) is 0 Å². The number of allylic oxidation sites excluding steroid dienone is 4. The van der Waals surface area contributed by atoms with Crippen molar-refractivity contribution in [2.24, 2.45) is 5.92 Å². The minimum Gasteiger partial charge on any atom is -0.466 e. The Morgan fingerprint density at radius 3 is 2.47 bits per heavy atom. The normalized spacial score (nSPS) is 13.2.